The third-order valence-electron chi connectivity index (χ3n) is 1.95. The maximum absolute atomic E-state index is 9.25. The summed E-state index contributed by atoms with van der Waals surface area (Å²) >= 11 is 3.18. The van der Waals surface area contributed by atoms with E-state index in [0.29, 0.717) is 11.9 Å². The summed E-state index contributed by atoms with van der Waals surface area (Å²) in [6.45, 7) is 2.45. The highest BCUT2D eigenvalue weighted by Crippen LogP contribution is 2.12. The Morgan fingerprint density at radius 1 is 1.36 bits per heavy atom. The fourth-order valence-corrected chi connectivity index (χ4v) is 1.25. The molecule has 0 heterocycles. The zero-order valence-electron chi connectivity index (χ0n) is 8.24. The molecule has 0 spiro atoms. The summed E-state index contributed by atoms with van der Waals surface area (Å²) in [5.74, 6) is 0.808. The van der Waals surface area contributed by atoms with Gasteiger partial charge in [0, 0.05) is 5.33 Å². The average molecular weight is 259 g/mol. The molecule has 1 unspecified atom stereocenters. The second-order valence-electron chi connectivity index (χ2n) is 3.12. The Morgan fingerprint density at radius 3 is 2.50 bits per heavy atom. The predicted octanol–water partition coefficient (Wildman–Crippen LogP) is 2.38. The maximum atomic E-state index is 9.25. The lowest BCUT2D eigenvalue weighted by atomic mass is 10.2. The minimum Gasteiger partial charge on any atom is -0.491 e. The van der Waals surface area contributed by atoms with Crippen LogP contribution in [0.2, 0.25) is 0 Å². The number of alkyl halides is 1. The number of hydrogen-bond donors (Lipinski definition) is 1. The van der Waals surface area contributed by atoms with E-state index in [-0.39, 0.29) is 0 Å². The Hall–Kier alpha value is -0.540. The van der Waals surface area contributed by atoms with Crippen LogP contribution in [0.25, 0.3) is 0 Å². The summed E-state index contributed by atoms with van der Waals surface area (Å²) in [4.78, 5) is 0. The van der Waals surface area contributed by atoms with Crippen LogP contribution in [0, 0.1) is 0 Å². The summed E-state index contributed by atoms with van der Waals surface area (Å²) in [6.07, 6.45) is 0.588. The Kier molecular flexibility index (Phi) is 4.98. The quantitative estimate of drug-likeness (QED) is 0.823. The lowest BCUT2D eigenvalue weighted by Crippen LogP contribution is -2.18. The monoisotopic (exact) mass is 258 g/mol. The van der Waals surface area contributed by atoms with Gasteiger partial charge in [-0.3, -0.25) is 0 Å². The second kappa shape index (κ2) is 6.04. The van der Waals surface area contributed by atoms with E-state index in [9.17, 15) is 5.11 Å². The highest BCUT2D eigenvalue weighted by atomic mass is 79.9. The second-order valence-corrected chi connectivity index (χ2v) is 3.76. The van der Waals surface area contributed by atoms with Crippen LogP contribution in [-0.4, -0.2) is 23.1 Å². The molecule has 1 atom stereocenters. The third-order valence-corrected chi connectivity index (χ3v) is 2.70. The van der Waals surface area contributed by atoms with Crippen LogP contribution >= 0.6 is 15.9 Å². The van der Waals surface area contributed by atoms with Gasteiger partial charge in [0.05, 0.1) is 6.10 Å². The van der Waals surface area contributed by atoms with Crippen LogP contribution in [0.15, 0.2) is 24.3 Å². The number of aryl methyl sites for hydroxylation is 1. The van der Waals surface area contributed by atoms with Crippen molar-refractivity contribution in [2.24, 2.45) is 0 Å². The van der Waals surface area contributed by atoms with E-state index in [1.54, 1.807) is 0 Å². The molecule has 78 valence electrons. The molecule has 2 nitrogen and oxygen atoms in total. The molecule has 14 heavy (non-hydrogen) atoms. The molecule has 1 aromatic carbocycles. The number of hydrogen-bond acceptors (Lipinski definition) is 2. The summed E-state index contributed by atoms with van der Waals surface area (Å²) in [7, 11) is 0. The molecule has 0 aliphatic heterocycles. The summed E-state index contributed by atoms with van der Waals surface area (Å²) in [5, 5.41) is 9.79. The van der Waals surface area contributed by atoms with Crippen molar-refractivity contribution in [2.45, 2.75) is 19.4 Å². The van der Waals surface area contributed by atoms with Crippen LogP contribution in [0.4, 0.5) is 0 Å². The van der Waals surface area contributed by atoms with E-state index in [4.69, 9.17) is 4.74 Å². The summed E-state index contributed by atoms with van der Waals surface area (Å²) in [5.41, 5.74) is 1.29. The molecular weight excluding hydrogens is 244 g/mol. The minimum absolute atomic E-state index is 0.330. The number of rotatable bonds is 5. The van der Waals surface area contributed by atoms with Gasteiger partial charge in [-0.2, -0.15) is 0 Å². The Bertz CT molecular complexity index is 258. The van der Waals surface area contributed by atoms with Crippen molar-refractivity contribution in [3.8, 4) is 5.75 Å². The lowest BCUT2D eigenvalue weighted by Gasteiger charge is -2.09. The van der Waals surface area contributed by atoms with E-state index >= 15 is 0 Å². The number of aliphatic hydroxyl groups is 1. The van der Waals surface area contributed by atoms with Crippen molar-refractivity contribution in [3.63, 3.8) is 0 Å². The number of ether oxygens (including phenoxy) is 1. The number of halogens is 1. The van der Waals surface area contributed by atoms with Gasteiger partial charge in [0.1, 0.15) is 12.4 Å². The van der Waals surface area contributed by atoms with Crippen molar-refractivity contribution in [1.82, 2.24) is 0 Å². The van der Waals surface area contributed by atoms with Crippen molar-refractivity contribution in [2.75, 3.05) is 11.9 Å². The van der Waals surface area contributed by atoms with Crippen LogP contribution in [0.3, 0.4) is 0 Å². The predicted molar refractivity (Wildman–Crippen MR) is 61.1 cm³/mol. The van der Waals surface area contributed by atoms with Gasteiger partial charge in [0.15, 0.2) is 0 Å². The van der Waals surface area contributed by atoms with Gasteiger partial charge >= 0.3 is 0 Å². The fraction of sp³-hybridized carbons (Fsp3) is 0.455. The van der Waals surface area contributed by atoms with Crippen molar-refractivity contribution >= 4 is 15.9 Å². The zero-order valence-corrected chi connectivity index (χ0v) is 9.83. The van der Waals surface area contributed by atoms with Crippen LogP contribution in [-0.2, 0) is 6.42 Å². The van der Waals surface area contributed by atoms with E-state index < -0.39 is 6.10 Å². The first-order valence-corrected chi connectivity index (χ1v) is 5.84. The molecular formula is C11H15BrO2. The molecule has 3 heteroatoms. The SMILES string of the molecule is CCc1ccc(OCC(O)CBr)cc1. The van der Waals surface area contributed by atoms with E-state index in [2.05, 4.69) is 22.9 Å². The summed E-state index contributed by atoms with van der Waals surface area (Å²) < 4.78 is 5.38. The van der Waals surface area contributed by atoms with Gasteiger partial charge in [-0.1, -0.05) is 35.0 Å². The number of aliphatic hydroxyl groups excluding tert-OH is 1. The molecule has 0 saturated carbocycles. The first kappa shape index (κ1) is 11.5. The molecule has 0 aliphatic rings. The van der Waals surface area contributed by atoms with Gasteiger partial charge in [-0.25, -0.2) is 0 Å². The Balaban J connectivity index is 2.43. The van der Waals surface area contributed by atoms with Crippen LogP contribution in [0.1, 0.15) is 12.5 Å². The molecule has 0 radical (unpaired) electrons. The van der Waals surface area contributed by atoms with E-state index in [1.807, 2.05) is 24.3 Å². The molecule has 0 amide bonds. The molecule has 0 fully saturated rings. The zero-order chi connectivity index (χ0) is 10.4. The van der Waals surface area contributed by atoms with Crippen molar-refractivity contribution < 1.29 is 9.84 Å². The van der Waals surface area contributed by atoms with Crippen LogP contribution in [0.5, 0.6) is 5.75 Å². The van der Waals surface area contributed by atoms with Gasteiger partial charge < -0.3 is 9.84 Å². The first-order chi connectivity index (χ1) is 6.76. The van der Waals surface area contributed by atoms with Crippen molar-refractivity contribution in [3.05, 3.63) is 29.8 Å². The normalized spacial score (nSPS) is 12.5. The van der Waals surface area contributed by atoms with Crippen LogP contribution < -0.4 is 4.74 Å². The molecule has 1 aromatic rings. The largest absolute Gasteiger partial charge is 0.491 e. The topological polar surface area (TPSA) is 29.5 Å². The van der Waals surface area contributed by atoms with Crippen molar-refractivity contribution in [1.29, 1.82) is 0 Å². The minimum atomic E-state index is -0.444. The maximum Gasteiger partial charge on any atom is 0.119 e. The van der Waals surface area contributed by atoms with Gasteiger partial charge in [0.2, 0.25) is 0 Å². The summed E-state index contributed by atoms with van der Waals surface area (Å²) in [6, 6.07) is 7.94. The molecule has 0 bridgehead atoms. The molecule has 0 saturated heterocycles. The molecule has 1 rings (SSSR count). The fourth-order valence-electron chi connectivity index (χ4n) is 1.06. The molecule has 1 N–H and O–H groups in total. The van der Waals surface area contributed by atoms with Gasteiger partial charge in [-0.05, 0) is 24.1 Å². The van der Waals surface area contributed by atoms with Gasteiger partial charge in [0.25, 0.3) is 0 Å². The highest BCUT2D eigenvalue weighted by Gasteiger charge is 2.02. The Morgan fingerprint density at radius 2 is 2.00 bits per heavy atom. The molecule has 0 aromatic heterocycles. The number of benzene rings is 1. The average Bonchev–Trinajstić information content (AvgIpc) is 2.26. The van der Waals surface area contributed by atoms with E-state index in [0.717, 1.165) is 12.2 Å². The van der Waals surface area contributed by atoms with E-state index in [1.165, 1.54) is 5.56 Å². The highest BCUT2D eigenvalue weighted by molar-refractivity contribution is 9.09. The third kappa shape index (κ3) is 3.68. The lowest BCUT2D eigenvalue weighted by molar-refractivity contribution is 0.127. The Labute approximate surface area is 93.0 Å². The first-order valence-electron chi connectivity index (χ1n) is 4.72. The standard InChI is InChI=1S/C11H15BrO2/c1-2-9-3-5-11(6-4-9)14-8-10(13)7-12/h3-6,10,13H,2,7-8H2,1H3. The smallest absolute Gasteiger partial charge is 0.119 e. The van der Waals surface area contributed by atoms with Gasteiger partial charge in [-0.15, -0.1) is 0 Å². The molecule has 0 aliphatic carbocycles.